The molecule has 3 aromatic carbocycles. The summed E-state index contributed by atoms with van der Waals surface area (Å²) in [5, 5.41) is 14.3. The first-order valence-corrected chi connectivity index (χ1v) is 10.1. The number of carbonyl (C=O) groups is 1. The second kappa shape index (κ2) is 9.12. The smallest absolute Gasteiger partial charge is 0.271 e. The molecular formula is C21H16Br2N2O3. The third kappa shape index (κ3) is 5.27. The van der Waals surface area contributed by atoms with Gasteiger partial charge in [0.15, 0.2) is 5.78 Å². The van der Waals surface area contributed by atoms with Crippen LogP contribution in [0.2, 0.25) is 0 Å². The van der Waals surface area contributed by atoms with Crippen LogP contribution in [0.1, 0.15) is 28.4 Å². The van der Waals surface area contributed by atoms with Crippen molar-refractivity contribution in [2.24, 2.45) is 0 Å². The molecule has 0 amide bonds. The first-order chi connectivity index (χ1) is 13.4. The quantitative estimate of drug-likeness (QED) is 0.225. The van der Waals surface area contributed by atoms with Crippen molar-refractivity contribution < 1.29 is 9.72 Å². The predicted molar refractivity (Wildman–Crippen MR) is 117 cm³/mol. The van der Waals surface area contributed by atoms with Gasteiger partial charge in [-0.05, 0) is 35.9 Å². The lowest BCUT2D eigenvalue weighted by Gasteiger charge is -2.20. The number of nitro benzene ring substituents is 1. The van der Waals surface area contributed by atoms with E-state index < -0.39 is 4.92 Å². The van der Waals surface area contributed by atoms with E-state index in [2.05, 4.69) is 37.2 Å². The summed E-state index contributed by atoms with van der Waals surface area (Å²) in [6, 6.07) is 20.8. The van der Waals surface area contributed by atoms with Crippen LogP contribution >= 0.6 is 31.9 Å². The SMILES string of the molecule is O=C(CC(Nc1cccc([N+](=O)[O-])c1)c1ccc(Br)cc1)c1ccc(Br)cc1. The van der Waals surface area contributed by atoms with E-state index in [0.29, 0.717) is 11.3 Å². The van der Waals surface area contributed by atoms with Crippen molar-refractivity contribution in [2.45, 2.75) is 12.5 Å². The molecule has 0 heterocycles. The molecule has 1 N–H and O–H groups in total. The molecule has 0 aliphatic heterocycles. The zero-order valence-electron chi connectivity index (χ0n) is 14.6. The Morgan fingerprint density at radius 2 is 1.57 bits per heavy atom. The van der Waals surface area contributed by atoms with E-state index in [4.69, 9.17) is 0 Å². The van der Waals surface area contributed by atoms with Crippen LogP contribution in [0.3, 0.4) is 0 Å². The van der Waals surface area contributed by atoms with Gasteiger partial charge in [0.25, 0.3) is 5.69 Å². The summed E-state index contributed by atoms with van der Waals surface area (Å²) in [6.07, 6.45) is 0.214. The van der Waals surface area contributed by atoms with Crippen molar-refractivity contribution in [2.75, 3.05) is 5.32 Å². The molecule has 1 atom stereocenters. The molecule has 28 heavy (non-hydrogen) atoms. The average molecular weight is 504 g/mol. The number of benzene rings is 3. The summed E-state index contributed by atoms with van der Waals surface area (Å²) in [5.41, 5.74) is 2.12. The minimum absolute atomic E-state index is 0.00112. The molecule has 3 rings (SSSR count). The number of hydrogen-bond donors (Lipinski definition) is 1. The Morgan fingerprint density at radius 1 is 0.964 bits per heavy atom. The Labute approximate surface area is 179 Å². The van der Waals surface area contributed by atoms with E-state index in [1.165, 1.54) is 12.1 Å². The molecule has 0 aromatic heterocycles. The lowest BCUT2D eigenvalue weighted by Crippen LogP contribution is -2.16. The molecule has 0 saturated carbocycles. The number of anilines is 1. The summed E-state index contributed by atoms with van der Waals surface area (Å²) < 4.78 is 1.84. The minimum atomic E-state index is -0.438. The molecule has 1 unspecified atom stereocenters. The highest BCUT2D eigenvalue weighted by Crippen LogP contribution is 2.28. The number of Topliss-reactive ketones (excluding diaryl/α,β-unsaturated/α-hetero) is 1. The van der Waals surface area contributed by atoms with E-state index in [0.717, 1.165) is 14.5 Å². The van der Waals surface area contributed by atoms with Crippen molar-refractivity contribution in [1.29, 1.82) is 0 Å². The number of hydrogen-bond acceptors (Lipinski definition) is 4. The maximum Gasteiger partial charge on any atom is 0.271 e. The predicted octanol–water partition coefficient (Wildman–Crippen LogP) is 6.55. The van der Waals surface area contributed by atoms with Gasteiger partial charge in [-0.1, -0.05) is 62.2 Å². The summed E-state index contributed by atoms with van der Waals surface area (Å²) in [5.74, 6) is -0.0154. The largest absolute Gasteiger partial charge is 0.378 e. The lowest BCUT2D eigenvalue weighted by molar-refractivity contribution is -0.384. The number of non-ortho nitro benzene ring substituents is 1. The van der Waals surface area contributed by atoms with Crippen LogP contribution in [0, 0.1) is 10.1 Å². The van der Waals surface area contributed by atoms with Crippen molar-refractivity contribution in [3.05, 3.63) is 103 Å². The zero-order valence-corrected chi connectivity index (χ0v) is 17.8. The van der Waals surface area contributed by atoms with Crippen LogP contribution in [0.4, 0.5) is 11.4 Å². The van der Waals surface area contributed by atoms with Crippen LogP contribution in [-0.4, -0.2) is 10.7 Å². The summed E-state index contributed by atoms with van der Waals surface area (Å²) in [7, 11) is 0. The number of nitrogens with one attached hydrogen (secondary N) is 1. The molecule has 7 heteroatoms. The third-order valence-corrected chi connectivity index (χ3v) is 5.28. The standard InChI is InChI=1S/C21H16Br2N2O3/c22-16-8-4-14(5-9-16)20(13-21(26)15-6-10-17(23)11-7-15)24-18-2-1-3-19(12-18)25(27)28/h1-12,20,24H,13H2. The second-order valence-corrected chi connectivity index (χ2v) is 8.02. The highest BCUT2D eigenvalue weighted by atomic mass is 79.9. The zero-order chi connectivity index (χ0) is 20.1. The number of nitrogens with zero attached hydrogens (tertiary/aromatic N) is 1. The number of ketones is 1. The molecule has 0 aliphatic carbocycles. The summed E-state index contributed by atoms with van der Waals surface area (Å²) in [4.78, 5) is 23.4. The number of halogens is 2. The molecule has 142 valence electrons. The number of carbonyl (C=O) groups excluding carboxylic acids is 1. The Kier molecular flexibility index (Phi) is 6.59. The first kappa shape index (κ1) is 20.2. The van der Waals surface area contributed by atoms with E-state index in [-0.39, 0.29) is 23.9 Å². The fraction of sp³-hybridized carbons (Fsp3) is 0.0952. The topological polar surface area (TPSA) is 72.2 Å². The molecule has 5 nitrogen and oxygen atoms in total. The van der Waals surface area contributed by atoms with Gasteiger partial charge in [-0.3, -0.25) is 14.9 Å². The Hall–Kier alpha value is -2.51. The van der Waals surface area contributed by atoms with Crippen molar-refractivity contribution >= 4 is 49.0 Å². The van der Waals surface area contributed by atoms with Crippen LogP contribution in [0.25, 0.3) is 0 Å². The molecule has 0 saturated heterocycles. The molecule has 0 spiro atoms. The van der Waals surface area contributed by atoms with Crippen LogP contribution < -0.4 is 5.32 Å². The highest BCUT2D eigenvalue weighted by molar-refractivity contribution is 9.10. The Morgan fingerprint density at radius 3 is 2.18 bits per heavy atom. The minimum Gasteiger partial charge on any atom is -0.378 e. The van der Waals surface area contributed by atoms with Crippen LogP contribution in [0.15, 0.2) is 81.7 Å². The molecule has 3 aromatic rings. The Bertz CT molecular complexity index is 989. The molecule has 0 radical (unpaired) electrons. The van der Waals surface area contributed by atoms with Crippen molar-refractivity contribution in [1.82, 2.24) is 0 Å². The van der Waals surface area contributed by atoms with Crippen LogP contribution in [0.5, 0.6) is 0 Å². The first-order valence-electron chi connectivity index (χ1n) is 8.47. The van der Waals surface area contributed by atoms with E-state index in [1.54, 1.807) is 24.3 Å². The fourth-order valence-corrected chi connectivity index (χ4v) is 3.33. The maximum atomic E-state index is 12.8. The van der Waals surface area contributed by atoms with Crippen LogP contribution in [-0.2, 0) is 0 Å². The summed E-state index contributed by atoms with van der Waals surface area (Å²) >= 11 is 6.78. The monoisotopic (exact) mass is 502 g/mol. The highest BCUT2D eigenvalue weighted by Gasteiger charge is 2.18. The molecule has 0 aliphatic rings. The van der Waals surface area contributed by atoms with Gasteiger partial charge in [-0.2, -0.15) is 0 Å². The maximum absolute atomic E-state index is 12.8. The Balaban J connectivity index is 1.87. The van der Waals surface area contributed by atoms with E-state index >= 15 is 0 Å². The van der Waals surface area contributed by atoms with Crippen molar-refractivity contribution in [3.63, 3.8) is 0 Å². The average Bonchev–Trinajstić information content (AvgIpc) is 2.68. The second-order valence-electron chi connectivity index (χ2n) is 6.19. The van der Waals surface area contributed by atoms with Crippen molar-refractivity contribution in [3.8, 4) is 0 Å². The number of nitro groups is 1. The van der Waals surface area contributed by atoms with E-state index in [1.807, 2.05) is 36.4 Å². The summed E-state index contributed by atoms with van der Waals surface area (Å²) in [6.45, 7) is 0. The molecular weight excluding hydrogens is 488 g/mol. The van der Waals surface area contributed by atoms with Gasteiger partial charge in [0.05, 0.1) is 11.0 Å². The van der Waals surface area contributed by atoms with Gasteiger partial charge in [-0.15, -0.1) is 0 Å². The fourth-order valence-electron chi connectivity index (χ4n) is 2.80. The number of rotatable bonds is 7. The van der Waals surface area contributed by atoms with Gasteiger partial charge in [0, 0.05) is 38.7 Å². The lowest BCUT2D eigenvalue weighted by atomic mass is 9.97. The third-order valence-electron chi connectivity index (χ3n) is 4.23. The molecule has 0 bridgehead atoms. The molecule has 0 fully saturated rings. The van der Waals surface area contributed by atoms with Gasteiger partial charge >= 0.3 is 0 Å². The normalized spacial score (nSPS) is 11.6. The van der Waals surface area contributed by atoms with Gasteiger partial charge in [0.1, 0.15) is 0 Å². The van der Waals surface area contributed by atoms with Gasteiger partial charge in [-0.25, -0.2) is 0 Å². The van der Waals surface area contributed by atoms with E-state index in [9.17, 15) is 14.9 Å². The van der Waals surface area contributed by atoms with Gasteiger partial charge in [0.2, 0.25) is 0 Å². The van der Waals surface area contributed by atoms with Gasteiger partial charge < -0.3 is 5.32 Å².